The average molecular weight is 374 g/mol. The quantitative estimate of drug-likeness (QED) is 0.690. The number of ether oxygens (including phenoxy) is 4. The molecule has 2 rings (SSSR count). The summed E-state index contributed by atoms with van der Waals surface area (Å²) in [5, 5.41) is 5.29. The molecule has 0 atom stereocenters. The van der Waals surface area contributed by atoms with Crippen LogP contribution in [0.4, 0.5) is 11.4 Å². The van der Waals surface area contributed by atoms with Gasteiger partial charge in [-0.25, -0.2) is 0 Å². The Morgan fingerprint density at radius 1 is 0.778 bits per heavy atom. The van der Waals surface area contributed by atoms with Crippen molar-refractivity contribution in [3.05, 3.63) is 36.4 Å². The zero-order valence-corrected chi connectivity index (χ0v) is 15.6. The normalized spacial score (nSPS) is 9.93. The van der Waals surface area contributed by atoms with E-state index in [-0.39, 0.29) is 6.42 Å². The molecule has 144 valence electrons. The summed E-state index contributed by atoms with van der Waals surface area (Å²) in [4.78, 5) is 24.3. The number of carbonyl (C=O) groups is 2. The number of hydrogen-bond donors (Lipinski definition) is 2. The zero-order valence-electron chi connectivity index (χ0n) is 15.6. The van der Waals surface area contributed by atoms with E-state index < -0.39 is 11.8 Å². The number of methoxy groups -OCH3 is 4. The van der Waals surface area contributed by atoms with Crippen LogP contribution in [0.25, 0.3) is 0 Å². The standard InChI is InChI=1S/C19H22N2O6/c1-24-14-7-5-6-12(8-14)20-17(22)11-18(23)21-13-9-15(25-2)19(27-4)16(10-13)26-3/h5-10H,11H2,1-4H3,(H,20,22)(H,21,23). The largest absolute Gasteiger partial charge is 0.497 e. The number of carbonyl (C=O) groups excluding carboxylic acids is 2. The van der Waals surface area contributed by atoms with E-state index >= 15 is 0 Å². The lowest BCUT2D eigenvalue weighted by atomic mass is 10.2. The Hall–Kier alpha value is -3.42. The highest BCUT2D eigenvalue weighted by Crippen LogP contribution is 2.39. The lowest BCUT2D eigenvalue weighted by Crippen LogP contribution is -2.21. The monoisotopic (exact) mass is 374 g/mol. The highest BCUT2D eigenvalue weighted by atomic mass is 16.5. The molecule has 8 nitrogen and oxygen atoms in total. The smallest absolute Gasteiger partial charge is 0.233 e. The molecule has 0 aliphatic carbocycles. The topological polar surface area (TPSA) is 95.1 Å². The minimum Gasteiger partial charge on any atom is -0.497 e. The molecule has 0 saturated heterocycles. The molecule has 8 heteroatoms. The van der Waals surface area contributed by atoms with Crippen LogP contribution in [0.3, 0.4) is 0 Å². The maximum absolute atomic E-state index is 12.2. The lowest BCUT2D eigenvalue weighted by molar-refractivity contribution is -0.123. The molecule has 2 N–H and O–H groups in total. The van der Waals surface area contributed by atoms with E-state index in [4.69, 9.17) is 18.9 Å². The van der Waals surface area contributed by atoms with Crippen molar-refractivity contribution < 1.29 is 28.5 Å². The first-order valence-corrected chi connectivity index (χ1v) is 8.04. The van der Waals surface area contributed by atoms with Crippen LogP contribution in [-0.4, -0.2) is 40.3 Å². The molecule has 0 aromatic heterocycles. The summed E-state index contributed by atoms with van der Waals surface area (Å²) in [6, 6.07) is 10.0. The van der Waals surface area contributed by atoms with E-state index in [1.807, 2.05) is 0 Å². The number of amides is 2. The van der Waals surface area contributed by atoms with Gasteiger partial charge >= 0.3 is 0 Å². The highest BCUT2D eigenvalue weighted by molar-refractivity contribution is 6.08. The van der Waals surface area contributed by atoms with Crippen molar-refractivity contribution in [2.75, 3.05) is 39.1 Å². The Labute approximate surface area is 157 Å². The summed E-state index contributed by atoms with van der Waals surface area (Å²) < 4.78 is 20.8. The zero-order chi connectivity index (χ0) is 19.8. The number of hydrogen-bond acceptors (Lipinski definition) is 6. The maximum Gasteiger partial charge on any atom is 0.233 e. The van der Waals surface area contributed by atoms with Crippen LogP contribution in [-0.2, 0) is 9.59 Å². The van der Waals surface area contributed by atoms with Crippen LogP contribution in [0.5, 0.6) is 23.0 Å². The van der Waals surface area contributed by atoms with Gasteiger partial charge in [0.05, 0.1) is 28.4 Å². The fourth-order valence-corrected chi connectivity index (χ4v) is 2.41. The summed E-state index contributed by atoms with van der Waals surface area (Å²) in [6.07, 6.45) is -0.353. The van der Waals surface area contributed by atoms with E-state index in [1.165, 1.54) is 28.4 Å². The first kappa shape index (κ1) is 19.9. The van der Waals surface area contributed by atoms with Gasteiger partial charge in [0.25, 0.3) is 0 Å². The van der Waals surface area contributed by atoms with Crippen molar-refractivity contribution in [3.8, 4) is 23.0 Å². The molecule has 0 fully saturated rings. The molecular formula is C19H22N2O6. The van der Waals surface area contributed by atoms with E-state index in [0.717, 1.165) is 0 Å². The second-order valence-electron chi connectivity index (χ2n) is 5.42. The van der Waals surface area contributed by atoms with Gasteiger partial charge < -0.3 is 29.6 Å². The molecule has 2 aromatic rings. The molecule has 0 aliphatic heterocycles. The van der Waals surface area contributed by atoms with Gasteiger partial charge in [-0.1, -0.05) is 6.07 Å². The fourth-order valence-electron chi connectivity index (χ4n) is 2.41. The van der Waals surface area contributed by atoms with Gasteiger partial charge in [0.1, 0.15) is 12.2 Å². The molecule has 0 saturated carbocycles. The third-order valence-electron chi connectivity index (χ3n) is 3.62. The minimum absolute atomic E-state index is 0.353. The molecule has 0 radical (unpaired) electrons. The highest BCUT2D eigenvalue weighted by Gasteiger charge is 2.16. The second-order valence-corrected chi connectivity index (χ2v) is 5.42. The van der Waals surface area contributed by atoms with Crippen molar-refractivity contribution in [1.82, 2.24) is 0 Å². The van der Waals surface area contributed by atoms with Gasteiger partial charge in [0.2, 0.25) is 17.6 Å². The predicted octanol–water partition coefficient (Wildman–Crippen LogP) is 2.69. The molecule has 0 heterocycles. The molecule has 2 amide bonds. The lowest BCUT2D eigenvalue weighted by Gasteiger charge is -2.14. The van der Waals surface area contributed by atoms with Crippen LogP contribution < -0.4 is 29.6 Å². The number of anilines is 2. The van der Waals surface area contributed by atoms with Crippen LogP contribution in [0.2, 0.25) is 0 Å². The Kier molecular flexibility index (Phi) is 6.87. The summed E-state index contributed by atoms with van der Waals surface area (Å²) >= 11 is 0. The van der Waals surface area contributed by atoms with E-state index in [1.54, 1.807) is 36.4 Å². The van der Waals surface area contributed by atoms with Crippen molar-refractivity contribution >= 4 is 23.2 Å². The van der Waals surface area contributed by atoms with Crippen molar-refractivity contribution in [1.29, 1.82) is 0 Å². The molecule has 0 spiro atoms. The van der Waals surface area contributed by atoms with E-state index in [2.05, 4.69) is 10.6 Å². The van der Waals surface area contributed by atoms with Gasteiger partial charge in [-0.2, -0.15) is 0 Å². The number of nitrogens with one attached hydrogen (secondary N) is 2. The van der Waals surface area contributed by atoms with Gasteiger partial charge in [-0.15, -0.1) is 0 Å². The average Bonchev–Trinajstić information content (AvgIpc) is 2.66. The molecule has 0 unspecified atom stereocenters. The van der Waals surface area contributed by atoms with Crippen molar-refractivity contribution in [2.45, 2.75) is 6.42 Å². The summed E-state index contributed by atoms with van der Waals surface area (Å²) in [7, 11) is 5.97. The van der Waals surface area contributed by atoms with E-state index in [0.29, 0.717) is 34.4 Å². The third-order valence-corrected chi connectivity index (χ3v) is 3.62. The van der Waals surface area contributed by atoms with Crippen LogP contribution in [0.1, 0.15) is 6.42 Å². The molecule has 0 bridgehead atoms. The van der Waals surface area contributed by atoms with Gasteiger partial charge in [0.15, 0.2) is 11.5 Å². The first-order chi connectivity index (χ1) is 13.0. The summed E-state index contributed by atoms with van der Waals surface area (Å²) in [6.45, 7) is 0. The Morgan fingerprint density at radius 3 is 1.89 bits per heavy atom. The minimum atomic E-state index is -0.482. The van der Waals surface area contributed by atoms with Crippen LogP contribution >= 0.6 is 0 Å². The van der Waals surface area contributed by atoms with Crippen LogP contribution in [0, 0.1) is 0 Å². The SMILES string of the molecule is COc1cccc(NC(=O)CC(=O)Nc2cc(OC)c(OC)c(OC)c2)c1. The van der Waals surface area contributed by atoms with Crippen LogP contribution in [0.15, 0.2) is 36.4 Å². The molecule has 27 heavy (non-hydrogen) atoms. The van der Waals surface area contributed by atoms with Crippen molar-refractivity contribution in [2.24, 2.45) is 0 Å². The Balaban J connectivity index is 2.03. The van der Waals surface area contributed by atoms with E-state index in [9.17, 15) is 9.59 Å². The second kappa shape index (κ2) is 9.33. The number of rotatable bonds is 8. The predicted molar refractivity (Wildman–Crippen MR) is 101 cm³/mol. The number of benzene rings is 2. The summed E-state index contributed by atoms with van der Waals surface area (Å²) in [5.41, 5.74) is 0.962. The maximum atomic E-state index is 12.2. The van der Waals surface area contributed by atoms with Gasteiger partial charge in [-0.05, 0) is 12.1 Å². The molecule has 0 aliphatic rings. The van der Waals surface area contributed by atoms with Crippen molar-refractivity contribution in [3.63, 3.8) is 0 Å². The Morgan fingerprint density at radius 2 is 1.37 bits per heavy atom. The molecular weight excluding hydrogens is 352 g/mol. The first-order valence-electron chi connectivity index (χ1n) is 8.04. The Bertz CT molecular complexity index is 797. The van der Waals surface area contributed by atoms with Gasteiger partial charge in [0, 0.05) is 29.6 Å². The molecule has 2 aromatic carbocycles. The third kappa shape index (κ3) is 5.27. The fraction of sp³-hybridized carbons (Fsp3) is 0.263. The van der Waals surface area contributed by atoms with Gasteiger partial charge in [-0.3, -0.25) is 9.59 Å². The summed E-state index contributed by atoms with van der Waals surface area (Å²) in [5.74, 6) is 0.877.